The lowest BCUT2D eigenvalue weighted by Crippen LogP contribution is -2.39. The van der Waals surface area contributed by atoms with Crippen LogP contribution in [0.4, 0.5) is 0 Å². The van der Waals surface area contributed by atoms with Gasteiger partial charge in [-0.1, -0.05) is 13.0 Å². The molecule has 27 heavy (non-hydrogen) atoms. The number of carbonyl (C=O) groups excluding carboxylic acids is 1. The van der Waals surface area contributed by atoms with Gasteiger partial charge in [-0.3, -0.25) is 9.78 Å². The van der Waals surface area contributed by atoms with Crippen LogP contribution >= 0.6 is 0 Å². The zero-order valence-electron chi connectivity index (χ0n) is 15.5. The molecule has 144 valence electrons. The van der Waals surface area contributed by atoms with Gasteiger partial charge in [0.05, 0.1) is 4.90 Å². The van der Waals surface area contributed by atoms with Crippen LogP contribution in [0.3, 0.4) is 0 Å². The van der Waals surface area contributed by atoms with Gasteiger partial charge in [0.15, 0.2) is 0 Å². The van der Waals surface area contributed by atoms with Gasteiger partial charge < -0.3 is 4.90 Å². The molecule has 1 saturated heterocycles. The highest BCUT2D eigenvalue weighted by Gasteiger charge is 2.23. The van der Waals surface area contributed by atoms with E-state index in [2.05, 4.69) is 16.6 Å². The number of hydrogen-bond acceptors (Lipinski definition) is 4. The van der Waals surface area contributed by atoms with Crippen molar-refractivity contribution in [3.63, 3.8) is 0 Å². The van der Waals surface area contributed by atoms with Crippen molar-refractivity contribution < 1.29 is 13.2 Å². The SMILES string of the molecule is C[C@@H]1CCCN(C(=O)c2cccc(S(=O)(=O)NCCc3ccncc3)c2)C1. The second kappa shape index (κ2) is 8.63. The second-order valence-electron chi connectivity index (χ2n) is 7.03. The van der Waals surface area contributed by atoms with Crippen molar-refractivity contribution in [2.24, 2.45) is 5.92 Å². The molecule has 0 radical (unpaired) electrons. The zero-order chi connectivity index (χ0) is 19.3. The molecule has 1 aromatic heterocycles. The van der Waals surface area contributed by atoms with Crippen LogP contribution in [0, 0.1) is 5.92 Å². The zero-order valence-corrected chi connectivity index (χ0v) is 16.3. The van der Waals surface area contributed by atoms with Gasteiger partial charge in [-0.25, -0.2) is 13.1 Å². The van der Waals surface area contributed by atoms with E-state index in [1.807, 2.05) is 17.0 Å². The van der Waals surface area contributed by atoms with E-state index >= 15 is 0 Å². The third kappa shape index (κ3) is 5.14. The first kappa shape index (κ1) is 19.5. The summed E-state index contributed by atoms with van der Waals surface area (Å²) in [4.78, 5) is 18.6. The standard InChI is InChI=1S/C20H25N3O3S/c1-16-4-3-13-23(15-16)20(24)18-5-2-6-19(14-18)27(25,26)22-12-9-17-7-10-21-11-8-17/h2,5-8,10-11,14,16,22H,3-4,9,12-13,15H2,1H3/t16-/m1/s1. The van der Waals surface area contributed by atoms with E-state index in [0.717, 1.165) is 31.5 Å². The molecule has 0 spiro atoms. The summed E-state index contributed by atoms with van der Waals surface area (Å²) in [5.41, 5.74) is 1.43. The van der Waals surface area contributed by atoms with E-state index in [1.165, 1.54) is 12.1 Å². The Hall–Kier alpha value is -2.25. The lowest BCUT2D eigenvalue weighted by Gasteiger charge is -2.31. The van der Waals surface area contributed by atoms with Crippen molar-refractivity contribution in [3.05, 3.63) is 59.9 Å². The van der Waals surface area contributed by atoms with Crippen molar-refractivity contribution >= 4 is 15.9 Å². The summed E-state index contributed by atoms with van der Waals surface area (Å²) in [6, 6.07) is 10.00. The number of nitrogens with one attached hydrogen (secondary N) is 1. The van der Waals surface area contributed by atoms with E-state index in [9.17, 15) is 13.2 Å². The fourth-order valence-corrected chi connectivity index (χ4v) is 4.39. The maximum Gasteiger partial charge on any atom is 0.253 e. The van der Waals surface area contributed by atoms with Gasteiger partial charge in [-0.15, -0.1) is 0 Å². The van der Waals surface area contributed by atoms with Gasteiger partial charge in [0.2, 0.25) is 10.0 Å². The fraction of sp³-hybridized carbons (Fsp3) is 0.400. The number of carbonyl (C=O) groups is 1. The molecule has 0 bridgehead atoms. The average Bonchev–Trinajstić information content (AvgIpc) is 2.68. The van der Waals surface area contributed by atoms with Crippen LogP contribution in [0.1, 0.15) is 35.7 Å². The maximum atomic E-state index is 12.7. The number of sulfonamides is 1. The first-order valence-electron chi connectivity index (χ1n) is 9.23. The van der Waals surface area contributed by atoms with E-state index < -0.39 is 10.0 Å². The molecule has 0 saturated carbocycles. The molecule has 1 aliphatic rings. The molecule has 1 amide bonds. The molecule has 7 heteroatoms. The molecule has 2 aromatic rings. The Kier molecular flexibility index (Phi) is 6.23. The number of pyridine rings is 1. The van der Waals surface area contributed by atoms with Crippen molar-refractivity contribution in [2.75, 3.05) is 19.6 Å². The minimum absolute atomic E-state index is 0.101. The van der Waals surface area contributed by atoms with Crippen LogP contribution < -0.4 is 4.72 Å². The number of aromatic nitrogens is 1. The highest BCUT2D eigenvalue weighted by atomic mass is 32.2. The summed E-state index contributed by atoms with van der Waals surface area (Å²) < 4.78 is 27.8. The Bertz CT molecular complexity index is 884. The first-order chi connectivity index (χ1) is 13.0. The largest absolute Gasteiger partial charge is 0.338 e. The van der Waals surface area contributed by atoms with E-state index in [-0.39, 0.29) is 17.3 Å². The van der Waals surface area contributed by atoms with Crippen molar-refractivity contribution in [1.29, 1.82) is 0 Å². The molecular weight excluding hydrogens is 362 g/mol. The van der Waals surface area contributed by atoms with Crippen LogP contribution in [-0.2, 0) is 16.4 Å². The number of amides is 1. The second-order valence-corrected chi connectivity index (χ2v) is 8.80. The van der Waals surface area contributed by atoms with E-state index in [4.69, 9.17) is 0 Å². The molecule has 0 unspecified atom stereocenters. The predicted molar refractivity (Wildman–Crippen MR) is 104 cm³/mol. The van der Waals surface area contributed by atoms with Gasteiger partial charge in [-0.05, 0) is 61.1 Å². The predicted octanol–water partition coefficient (Wildman–Crippen LogP) is 2.47. The Morgan fingerprint density at radius 3 is 2.78 bits per heavy atom. The van der Waals surface area contributed by atoms with E-state index in [0.29, 0.717) is 17.9 Å². The summed E-state index contributed by atoms with van der Waals surface area (Å²) in [6.45, 7) is 3.87. The normalized spacial score (nSPS) is 17.7. The summed E-state index contributed by atoms with van der Waals surface area (Å²) >= 11 is 0. The first-order valence-corrected chi connectivity index (χ1v) is 10.7. The molecule has 1 N–H and O–H groups in total. The molecule has 3 rings (SSSR count). The van der Waals surface area contributed by atoms with Crippen molar-refractivity contribution in [3.8, 4) is 0 Å². The molecule has 1 fully saturated rings. The monoisotopic (exact) mass is 387 g/mol. The van der Waals surface area contributed by atoms with Gasteiger partial charge in [0.25, 0.3) is 5.91 Å². The Morgan fingerprint density at radius 2 is 2.04 bits per heavy atom. The highest BCUT2D eigenvalue weighted by molar-refractivity contribution is 7.89. The topological polar surface area (TPSA) is 79.4 Å². The summed E-state index contributed by atoms with van der Waals surface area (Å²) in [6.07, 6.45) is 6.05. The molecule has 1 atom stereocenters. The van der Waals surface area contributed by atoms with Crippen LogP contribution in [0.5, 0.6) is 0 Å². The summed E-state index contributed by atoms with van der Waals surface area (Å²) in [5.74, 6) is 0.375. The Morgan fingerprint density at radius 1 is 1.26 bits per heavy atom. The molecule has 6 nitrogen and oxygen atoms in total. The van der Waals surface area contributed by atoms with Crippen LogP contribution in [0.25, 0.3) is 0 Å². The third-order valence-electron chi connectivity index (χ3n) is 4.79. The minimum Gasteiger partial charge on any atom is -0.338 e. The number of benzene rings is 1. The van der Waals surface area contributed by atoms with Crippen molar-refractivity contribution in [2.45, 2.75) is 31.1 Å². The number of rotatable bonds is 6. The molecule has 1 aromatic carbocycles. The lowest BCUT2D eigenvalue weighted by molar-refractivity contribution is 0.0683. The molecule has 2 heterocycles. The minimum atomic E-state index is -3.66. The highest BCUT2D eigenvalue weighted by Crippen LogP contribution is 2.19. The fourth-order valence-electron chi connectivity index (χ4n) is 3.32. The van der Waals surface area contributed by atoms with Crippen molar-refractivity contribution in [1.82, 2.24) is 14.6 Å². The van der Waals surface area contributed by atoms with Gasteiger partial charge in [-0.2, -0.15) is 0 Å². The smallest absolute Gasteiger partial charge is 0.253 e. The Labute approximate surface area is 160 Å². The number of hydrogen-bond donors (Lipinski definition) is 1. The van der Waals surface area contributed by atoms with Gasteiger partial charge >= 0.3 is 0 Å². The summed E-state index contributed by atoms with van der Waals surface area (Å²) in [7, 11) is -3.66. The third-order valence-corrected chi connectivity index (χ3v) is 6.25. The lowest BCUT2D eigenvalue weighted by atomic mass is 9.99. The van der Waals surface area contributed by atoms with Gasteiger partial charge in [0, 0.05) is 37.6 Å². The molecular formula is C20H25N3O3S. The molecule has 1 aliphatic heterocycles. The summed E-state index contributed by atoms with van der Waals surface area (Å²) in [5, 5.41) is 0. The van der Waals surface area contributed by atoms with Crippen LogP contribution in [0.15, 0.2) is 53.7 Å². The number of likely N-dealkylation sites (tertiary alicyclic amines) is 1. The van der Waals surface area contributed by atoms with Gasteiger partial charge in [0.1, 0.15) is 0 Å². The van der Waals surface area contributed by atoms with Crippen LogP contribution in [0.2, 0.25) is 0 Å². The maximum absolute atomic E-state index is 12.7. The Balaban J connectivity index is 1.67. The quantitative estimate of drug-likeness (QED) is 0.826. The number of piperidine rings is 1. The average molecular weight is 388 g/mol. The number of nitrogens with zero attached hydrogens (tertiary/aromatic N) is 2. The van der Waals surface area contributed by atoms with Crippen LogP contribution in [-0.4, -0.2) is 43.8 Å². The molecule has 0 aliphatic carbocycles. The van der Waals surface area contributed by atoms with E-state index in [1.54, 1.807) is 24.5 Å².